The van der Waals surface area contributed by atoms with Gasteiger partial charge in [0.05, 0.1) is 0 Å². The zero-order valence-corrected chi connectivity index (χ0v) is 17.0. The van der Waals surface area contributed by atoms with Crippen LogP contribution in [0.25, 0.3) is 12.2 Å². The average Bonchev–Trinajstić information content (AvgIpc) is 2.56. The van der Waals surface area contributed by atoms with E-state index in [0.717, 1.165) is 19.4 Å². The van der Waals surface area contributed by atoms with Gasteiger partial charge in [-0.2, -0.15) is 0 Å². The van der Waals surface area contributed by atoms with Gasteiger partial charge in [-0.15, -0.1) is 0 Å². The van der Waals surface area contributed by atoms with E-state index in [4.69, 9.17) is 0 Å². The highest BCUT2D eigenvalue weighted by Gasteiger charge is 2.07. The van der Waals surface area contributed by atoms with Gasteiger partial charge in [0.2, 0.25) is 0 Å². The molecule has 0 unspecified atom stereocenters. The molecule has 0 aromatic heterocycles. The molecule has 2 aromatic rings. The van der Waals surface area contributed by atoms with Crippen molar-refractivity contribution in [3.8, 4) is 0 Å². The van der Waals surface area contributed by atoms with Crippen molar-refractivity contribution >= 4 is 12.2 Å². The molecule has 0 aliphatic rings. The number of hydrogen-bond donors (Lipinski definition) is 0. The molecule has 0 saturated carbocycles. The Hall–Kier alpha value is -2.12. The maximum atomic E-state index is 2.36. The Kier molecular flexibility index (Phi) is 7.87. The van der Waals surface area contributed by atoms with Crippen LogP contribution in [0.3, 0.4) is 0 Å². The lowest BCUT2D eigenvalue weighted by molar-refractivity contribution is 0.402. The molecule has 0 amide bonds. The minimum absolute atomic E-state index is 0.972. The van der Waals surface area contributed by atoms with Crippen molar-refractivity contribution in [3.63, 3.8) is 0 Å². The zero-order valence-electron chi connectivity index (χ0n) is 17.0. The van der Waals surface area contributed by atoms with Gasteiger partial charge in [0.25, 0.3) is 0 Å². The lowest BCUT2D eigenvalue weighted by Gasteiger charge is -2.14. The summed E-state index contributed by atoms with van der Waals surface area (Å²) in [7, 11) is 4.25. The van der Waals surface area contributed by atoms with E-state index in [1.807, 2.05) is 0 Å². The first kappa shape index (κ1) is 20.2. The predicted octanol–water partition coefficient (Wildman–Crippen LogP) is 6.49. The third-order valence-electron chi connectivity index (χ3n) is 4.41. The number of hydrogen-bond acceptors (Lipinski definition) is 1. The van der Waals surface area contributed by atoms with Crippen molar-refractivity contribution in [2.24, 2.45) is 0 Å². The van der Waals surface area contributed by atoms with E-state index in [1.54, 1.807) is 0 Å². The maximum absolute atomic E-state index is 2.36. The number of benzene rings is 2. The van der Waals surface area contributed by atoms with Gasteiger partial charge >= 0.3 is 0 Å². The van der Waals surface area contributed by atoms with Crippen molar-refractivity contribution in [1.29, 1.82) is 0 Å². The van der Waals surface area contributed by atoms with Gasteiger partial charge in [-0.05, 0) is 68.6 Å². The van der Waals surface area contributed by atoms with Gasteiger partial charge in [-0.25, -0.2) is 0 Å². The lowest BCUT2D eigenvalue weighted by atomic mass is 9.93. The molecule has 0 radical (unpaired) electrons. The van der Waals surface area contributed by atoms with E-state index in [1.165, 1.54) is 39.8 Å². The number of unbranched alkanes of at least 4 members (excludes halogenated alkanes) is 1. The molecule has 138 valence electrons. The molecular weight excluding hydrogens is 314 g/mol. The molecular formula is C25H33N. The van der Waals surface area contributed by atoms with Crippen molar-refractivity contribution in [3.05, 3.63) is 81.9 Å². The number of nitrogens with zero attached hydrogens (tertiary/aromatic N) is 1. The number of aryl methyl sites for hydroxylation is 1. The fourth-order valence-electron chi connectivity index (χ4n) is 3.41. The van der Waals surface area contributed by atoms with Crippen LogP contribution in [-0.2, 0) is 13.0 Å². The van der Waals surface area contributed by atoms with E-state index in [-0.39, 0.29) is 0 Å². The molecule has 0 heterocycles. The number of rotatable bonds is 8. The molecule has 2 rings (SSSR count). The molecule has 0 aliphatic heterocycles. The first-order valence-electron chi connectivity index (χ1n) is 9.68. The van der Waals surface area contributed by atoms with Crippen LogP contribution in [0.15, 0.2) is 48.6 Å². The van der Waals surface area contributed by atoms with Gasteiger partial charge < -0.3 is 4.90 Å². The molecule has 0 aliphatic carbocycles. The molecule has 1 nitrogen and oxygen atoms in total. The van der Waals surface area contributed by atoms with E-state index >= 15 is 0 Å². The first-order chi connectivity index (χ1) is 12.5. The lowest BCUT2D eigenvalue weighted by Crippen LogP contribution is -2.11. The van der Waals surface area contributed by atoms with Crippen LogP contribution in [0.5, 0.6) is 0 Å². The minimum atomic E-state index is 0.972. The summed E-state index contributed by atoms with van der Waals surface area (Å²) in [6.45, 7) is 7.49. The summed E-state index contributed by atoms with van der Waals surface area (Å²) in [6, 6.07) is 13.6. The Labute approximate surface area is 160 Å². The van der Waals surface area contributed by atoms with Gasteiger partial charge in [0.1, 0.15) is 0 Å². The standard InChI is InChI=1S/C25H33N/c1-6-8-9-14-25-23(11-7-2)12-10-13-24(25)18-21-15-20(3)16-22(17-21)19-26(4)5/h7,9-17H,6,8,18-19H2,1-5H3/b11-7-,14-9+. The number of allylic oxidation sites excluding steroid dienone is 2. The molecule has 26 heavy (non-hydrogen) atoms. The van der Waals surface area contributed by atoms with Crippen LogP contribution in [0.1, 0.15) is 60.1 Å². The van der Waals surface area contributed by atoms with Crippen molar-refractivity contribution in [2.75, 3.05) is 14.1 Å². The van der Waals surface area contributed by atoms with E-state index in [0.29, 0.717) is 0 Å². The molecule has 0 N–H and O–H groups in total. The van der Waals surface area contributed by atoms with Crippen LogP contribution in [0.2, 0.25) is 0 Å². The molecule has 0 bridgehead atoms. The van der Waals surface area contributed by atoms with Gasteiger partial charge in [0.15, 0.2) is 0 Å². The smallest absolute Gasteiger partial charge is 0.0227 e. The third kappa shape index (κ3) is 6.00. The summed E-state index contributed by atoms with van der Waals surface area (Å²) in [5.74, 6) is 0. The summed E-state index contributed by atoms with van der Waals surface area (Å²) < 4.78 is 0. The molecule has 0 atom stereocenters. The fraction of sp³-hybridized carbons (Fsp3) is 0.360. The molecule has 0 spiro atoms. The van der Waals surface area contributed by atoms with E-state index < -0.39 is 0 Å². The summed E-state index contributed by atoms with van der Waals surface area (Å²) in [6.07, 6.45) is 12.2. The second kappa shape index (κ2) is 10.1. The summed E-state index contributed by atoms with van der Waals surface area (Å²) in [4.78, 5) is 2.23. The van der Waals surface area contributed by atoms with Crippen molar-refractivity contribution in [2.45, 2.75) is 46.6 Å². The second-order valence-corrected chi connectivity index (χ2v) is 7.35. The van der Waals surface area contributed by atoms with Crippen LogP contribution in [0.4, 0.5) is 0 Å². The predicted molar refractivity (Wildman–Crippen MR) is 116 cm³/mol. The molecule has 1 heteroatoms. The largest absolute Gasteiger partial charge is 0.305 e. The zero-order chi connectivity index (χ0) is 18.9. The average molecular weight is 348 g/mol. The first-order valence-corrected chi connectivity index (χ1v) is 9.68. The Balaban J connectivity index is 2.39. The SMILES string of the molecule is C/C=C\c1cccc(Cc2cc(C)cc(CN(C)C)c2)c1/C=C/CCC. The fourth-order valence-corrected chi connectivity index (χ4v) is 3.41. The van der Waals surface area contributed by atoms with Gasteiger partial charge in [0, 0.05) is 6.54 Å². The van der Waals surface area contributed by atoms with Crippen LogP contribution in [-0.4, -0.2) is 19.0 Å². The highest BCUT2D eigenvalue weighted by atomic mass is 15.0. The maximum Gasteiger partial charge on any atom is 0.0227 e. The van der Waals surface area contributed by atoms with Gasteiger partial charge in [-0.1, -0.05) is 79.6 Å². The highest BCUT2D eigenvalue weighted by Crippen LogP contribution is 2.23. The van der Waals surface area contributed by atoms with Crippen molar-refractivity contribution in [1.82, 2.24) is 4.90 Å². The van der Waals surface area contributed by atoms with Crippen LogP contribution in [0, 0.1) is 6.92 Å². The summed E-state index contributed by atoms with van der Waals surface area (Å²) in [5, 5.41) is 0. The minimum Gasteiger partial charge on any atom is -0.305 e. The van der Waals surface area contributed by atoms with Crippen molar-refractivity contribution < 1.29 is 0 Å². The Bertz CT molecular complexity index is 766. The quantitative estimate of drug-likeness (QED) is 0.527. The van der Waals surface area contributed by atoms with Crippen LogP contribution < -0.4 is 0 Å². The molecule has 0 saturated heterocycles. The molecule has 2 aromatic carbocycles. The monoisotopic (exact) mass is 347 g/mol. The van der Waals surface area contributed by atoms with Crippen LogP contribution >= 0.6 is 0 Å². The van der Waals surface area contributed by atoms with Gasteiger partial charge in [-0.3, -0.25) is 0 Å². The topological polar surface area (TPSA) is 3.24 Å². The Morgan fingerprint density at radius 3 is 2.46 bits per heavy atom. The molecule has 0 fully saturated rings. The summed E-state index contributed by atoms with van der Waals surface area (Å²) in [5.41, 5.74) is 8.18. The Morgan fingerprint density at radius 2 is 1.77 bits per heavy atom. The third-order valence-corrected chi connectivity index (χ3v) is 4.41. The highest BCUT2D eigenvalue weighted by molar-refractivity contribution is 5.68. The normalized spacial score (nSPS) is 11.9. The van der Waals surface area contributed by atoms with E-state index in [9.17, 15) is 0 Å². The Morgan fingerprint density at radius 1 is 1.00 bits per heavy atom. The summed E-state index contributed by atoms with van der Waals surface area (Å²) >= 11 is 0. The second-order valence-electron chi connectivity index (χ2n) is 7.35. The van der Waals surface area contributed by atoms with E-state index in [2.05, 4.69) is 100 Å².